The molecule has 3 aromatic rings. The molecule has 5 nitrogen and oxygen atoms in total. The van der Waals surface area contributed by atoms with Gasteiger partial charge >= 0.3 is 0 Å². The number of anilines is 1. The largest absolute Gasteiger partial charge is 0.296 e. The molecule has 0 unspecified atom stereocenters. The number of rotatable bonds is 3. The fourth-order valence-electron chi connectivity index (χ4n) is 1.95. The molecule has 1 aromatic carbocycles. The molecule has 1 N–H and O–H groups in total. The molecular formula is C14H13ClN4OS. The number of amides is 1. The number of fused-ring (bicyclic) bond motifs is 1. The minimum atomic E-state index is -0.344. The second-order valence-corrected chi connectivity index (χ2v) is 6.06. The lowest BCUT2D eigenvalue weighted by molar-refractivity contribution is 0.102. The first-order valence-corrected chi connectivity index (χ1v) is 7.67. The van der Waals surface area contributed by atoms with E-state index in [4.69, 9.17) is 11.6 Å². The summed E-state index contributed by atoms with van der Waals surface area (Å²) in [6, 6.07) is 5.98. The van der Waals surface area contributed by atoms with Gasteiger partial charge in [0.2, 0.25) is 0 Å². The molecule has 0 fully saturated rings. The number of hydrogen-bond donors (Lipinski definition) is 1. The third-order valence-electron chi connectivity index (χ3n) is 3.02. The fraction of sp³-hybridized carbons (Fsp3) is 0.214. The van der Waals surface area contributed by atoms with E-state index in [1.54, 1.807) is 10.9 Å². The van der Waals surface area contributed by atoms with Crippen LogP contribution >= 0.6 is 22.9 Å². The highest BCUT2D eigenvalue weighted by atomic mass is 35.5. The summed E-state index contributed by atoms with van der Waals surface area (Å²) in [4.78, 5) is 16.6. The molecule has 2 heterocycles. The highest BCUT2D eigenvalue weighted by Gasteiger charge is 2.17. The number of aromatic nitrogens is 3. The number of nitrogens with one attached hydrogen (secondary N) is 1. The van der Waals surface area contributed by atoms with E-state index in [9.17, 15) is 4.79 Å². The third kappa shape index (κ3) is 2.77. The van der Waals surface area contributed by atoms with Crippen molar-refractivity contribution in [2.75, 3.05) is 5.32 Å². The summed E-state index contributed by atoms with van der Waals surface area (Å²) in [5.74, 6) is -0.344. The van der Waals surface area contributed by atoms with Crippen molar-refractivity contribution in [3.63, 3.8) is 0 Å². The Morgan fingerprint density at radius 1 is 1.48 bits per heavy atom. The lowest BCUT2D eigenvalue weighted by Crippen LogP contribution is -2.13. The number of aryl methyl sites for hydroxylation is 2. The summed E-state index contributed by atoms with van der Waals surface area (Å²) in [5, 5.41) is 7.78. The Morgan fingerprint density at radius 3 is 3.00 bits per heavy atom. The van der Waals surface area contributed by atoms with Gasteiger partial charge in [0.25, 0.3) is 5.91 Å². The van der Waals surface area contributed by atoms with Crippen LogP contribution in [0.3, 0.4) is 0 Å². The molecule has 108 valence electrons. The number of benzene rings is 1. The van der Waals surface area contributed by atoms with Crippen molar-refractivity contribution in [2.45, 2.75) is 20.4 Å². The molecule has 1 amide bonds. The summed E-state index contributed by atoms with van der Waals surface area (Å²) in [6.07, 6.45) is 1.64. The number of hydrogen-bond acceptors (Lipinski definition) is 4. The Bertz CT molecular complexity index is 824. The summed E-state index contributed by atoms with van der Waals surface area (Å²) in [5.41, 5.74) is 2.24. The summed E-state index contributed by atoms with van der Waals surface area (Å²) in [6.45, 7) is 4.61. The van der Waals surface area contributed by atoms with Crippen LogP contribution in [0.25, 0.3) is 10.2 Å². The molecular weight excluding hydrogens is 308 g/mol. The van der Waals surface area contributed by atoms with Crippen LogP contribution in [-0.4, -0.2) is 20.7 Å². The van der Waals surface area contributed by atoms with E-state index in [-0.39, 0.29) is 11.6 Å². The Balaban J connectivity index is 1.87. The molecule has 0 aliphatic carbocycles. The topological polar surface area (TPSA) is 59.8 Å². The van der Waals surface area contributed by atoms with Crippen LogP contribution in [0, 0.1) is 6.92 Å². The highest BCUT2D eigenvalue weighted by molar-refractivity contribution is 7.22. The smallest absolute Gasteiger partial charge is 0.279 e. The Hall–Kier alpha value is -1.92. The van der Waals surface area contributed by atoms with Crippen molar-refractivity contribution >= 4 is 44.2 Å². The quantitative estimate of drug-likeness (QED) is 0.800. The van der Waals surface area contributed by atoms with E-state index in [1.165, 1.54) is 11.3 Å². The van der Waals surface area contributed by atoms with E-state index in [0.29, 0.717) is 16.7 Å². The Morgan fingerprint density at radius 2 is 2.29 bits per heavy atom. The second kappa shape index (κ2) is 5.46. The number of nitrogens with zero attached hydrogens (tertiary/aromatic N) is 3. The lowest BCUT2D eigenvalue weighted by Gasteiger charge is -1.98. The number of carbonyl (C=O) groups excluding carboxylic acids is 1. The molecule has 0 aliphatic heterocycles. The zero-order valence-corrected chi connectivity index (χ0v) is 13.1. The van der Waals surface area contributed by atoms with Crippen LogP contribution in [-0.2, 0) is 6.54 Å². The predicted molar refractivity (Wildman–Crippen MR) is 85.2 cm³/mol. The number of thiazole rings is 1. The van der Waals surface area contributed by atoms with Crippen LogP contribution < -0.4 is 5.32 Å². The van der Waals surface area contributed by atoms with Gasteiger partial charge in [0.05, 0.1) is 15.2 Å². The minimum Gasteiger partial charge on any atom is -0.296 e. The van der Waals surface area contributed by atoms with E-state index in [0.717, 1.165) is 15.8 Å². The third-order valence-corrected chi connectivity index (χ3v) is 4.23. The molecule has 2 aromatic heterocycles. The molecule has 0 aliphatic rings. The van der Waals surface area contributed by atoms with Gasteiger partial charge in [-0.05, 0) is 31.5 Å². The molecule has 0 saturated heterocycles. The van der Waals surface area contributed by atoms with Gasteiger partial charge in [-0.15, -0.1) is 0 Å². The van der Waals surface area contributed by atoms with Gasteiger partial charge in [-0.3, -0.25) is 14.8 Å². The van der Waals surface area contributed by atoms with Crippen molar-refractivity contribution in [2.24, 2.45) is 0 Å². The average molecular weight is 321 g/mol. The van der Waals surface area contributed by atoms with Crippen molar-refractivity contribution in [3.05, 3.63) is 40.7 Å². The second-order valence-electron chi connectivity index (χ2n) is 4.63. The van der Waals surface area contributed by atoms with Gasteiger partial charge in [0, 0.05) is 12.7 Å². The maximum Gasteiger partial charge on any atom is 0.279 e. The molecule has 0 atom stereocenters. The standard InChI is InChI=1S/C14H13ClN4OS/c1-3-19-7-9(15)12(18-19)13(20)17-14-16-10-5-4-8(2)6-11(10)21-14/h4-7H,3H2,1-2H3,(H,16,17,20). The molecule has 7 heteroatoms. The highest BCUT2D eigenvalue weighted by Crippen LogP contribution is 2.27. The van der Waals surface area contributed by atoms with Crippen LogP contribution in [0.1, 0.15) is 23.0 Å². The Kier molecular flexibility index (Phi) is 3.65. The zero-order chi connectivity index (χ0) is 15.0. The fourth-order valence-corrected chi connectivity index (χ4v) is 3.15. The molecule has 3 rings (SSSR count). The van der Waals surface area contributed by atoms with Crippen molar-refractivity contribution < 1.29 is 4.79 Å². The molecule has 0 spiro atoms. The van der Waals surface area contributed by atoms with Crippen LogP contribution in [0.2, 0.25) is 5.02 Å². The maximum absolute atomic E-state index is 12.2. The predicted octanol–water partition coefficient (Wildman–Crippen LogP) is 3.73. The van der Waals surface area contributed by atoms with E-state index < -0.39 is 0 Å². The monoisotopic (exact) mass is 320 g/mol. The molecule has 21 heavy (non-hydrogen) atoms. The van der Waals surface area contributed by atoms with Gasteiger partial charge in [-0.1, -0.05) is 29.0 Å². The van der Waals surface area contributed by atoms with Crippen LogP contribution in [0.4, 0.5) is 5.13 Å². The normalized spacial score (nSPS) is 11.0. The molecule has 0 bridgehead atoms. The first-order chi connectivity index (χ1) is 10.1. The first-order valence-electron chi connectivity index (χ1n) is 6.48. The number of carbonyl (C=O) groups is 1. The van der Waals surface area contributed by atoms with Gasteiger partial charge in [-0.25, -0.2) is 4.98 Å². The summed E-state index contributed by atoms with van der Waals surface area (Å²) >= 11 is 7.46. The maximum atomic E-state index is 12.2. The minimum absolute atomic E-state index is 0.217. The van der Waals surface area contributed by atoms with Gasteiger partial charge in [-0.2, -0.15) is 5.10 Å². The van der Waals surface area contributed by atoms with Crippen LogP contribution in [0.15, 0.2) is 24.4 Å². The number of halogens is 1. The van der Waals surface area contributed by atoms with Crippen molar-refractivity contribution in [3.8, 4) is 0 Å². The average Bonchev–Trinajstić information content (AvgIpc) is 3.00. The lowest BCUT2D eigenvalue weighted by atomic mass is 10.2. The van der Waals surface area contributed by atoms with Crippen molar-refractivity contribution in [1.82, 2.24) is 14.8 Å². The summed E-state index contributed by atoms with van der Waals surface area (Å²) < 4.78 is 2.66. The van der Waals surface area contributed by atoms with E-state index in [2.05, 4.69) is 15.4 Å². The SMILES string of the molecule is CCn1cc(Cl)c(C(=O)Nc2nc3ccc(C)cc3s2)n1. The van der Waals surface area contributed by atoms with Gasteiger partial charge < -0.3 is 0 Å². The summed E-state index contributed by atoms with van der Waals surface area (Å²) in [7, 11) is 0. The van der Waals surface area contributed by atoms with Crippen molar-refractivity contribution in [1.29, 1.82) is 0 Å². The van der Waals surface area contributed by atoms with E-state index >= 15 is 0 Å². The van der Waals surface area contributed by atoms with Crippen LogP contribution in [0.5, 0.6) is 0 Å². The van der Waals surface area contributed by atoms with Gasteiger partial charge in [0.1, 0.15) is 0 Å². The molecule has 0 saturated carbocycles. The van der Waals surface area contributed by atoms with E-state index in [1.807, 2.05) is 32.0 Å². The Labute approximate surface area is 130 Å². The zero-order valence-electron chi connectivity index (χ0n) is 11.6. The first kappa shape index (κ1) is 14.0. The van der Waals surface area contributed by atoms with Gasteiger partial charge in [0.15, 0.2) is 10.8 Å². The molecule has 0 radical (unpaired) electrons.